The van der Waals surface area contributed by atoms with Gasteiger partial charge in [0.25, 0.3) is 5.56 Å². The van der Waals surface area contributed by atoms with Gasteiger partial charge in [0, 0.05) is 9.35 Å². The average molecular weight is 419 g/mol. The molecular formula is C18H15BrN2O3S. The Morgan fingerprint density at radius 3 is 2.84 bits per heavy atom. The Bertz CT molecular complexity index is 1060. The van der Waals surface area contributed by atoms with Crippen LogP contribution >= 0.6 is 27.3 Å². The van der Waals surface area contributed by atoms with Crippen LogP contribution in [0.15, 0.2) is 27.7 Å². The molecule has 1 aromatic carbocycles. The van der Waals surface area contributed by atoms with E-state index in [1.54, 1.807) is 22.2 Å². The molecule has 1 aliphatic heterocycles. The predicted molar refractivity (Wildman–Crippen MR) is 100 cm³/mol. The van der Waals surface area contributed by atoms with E-state index in [9.17, 15) is 4.79 Å². The molecule has 1 aliphatic carbocycles. The minimum absolute atomic E-state index is 0.0474. The summed E-state index contributed by atoms with van der Waals surface area (Å²) in [5, 5.41) is 0.814. The monoisotopic (exact) mass is 418 g/mol. The molecule has 3 aromatic rings. The predicted octanol–water partition coefficient (Wildman–Crippen LogP) is 3.53. The van der Waals surface area contributed by atoms with Crippen LogP contribution in [-0.4, -0.2) is 22.8 Å². The summed E-state index contributed by atoms with van der Waals surface area (Å²) in [6.07, 6.45) is 4.85. The van der Waals surface area contributed by atoms with Crippen LogP contribution in [-0.2, 0) is 19.4 Å². The number of aromatic nitrogens is 2. The summed E-state index contributed by atoms with van der Waals surface area (Å²) in [6, 6.07) is 3.84. The van der Waals surface area contributed by atoms with E-state index in [2.05, 4.69) is 20.9 Å². The molecule has 5 rings (SSSR count). The van der Waals surface area contributed by atoms with E-state index in [-0.39, 0.29) is 5.56 Å². The largest absolute Gasteiger partial charge is 0.486 e. The molecular weight excluding hydrogens is 404 g/mol. The van der Waals surface area contributed by atoms with Gasteiger partial charge in [0.15, 0.2) is 11.5 Å². The highest BCUT2D eigenvalue weighted by atomic mass is 79.9. The second-order valence-corrected chi connectivity index (χ2v) is 8.24. The minimum atomic E-state index is 0.0474. The first-order valence-corrected chi connectivity index (χ1v) is 9.89. The third-order valence-corrected chi connectivity index (χ3v) is 6.68. The first kappa shape index (κ1) is 15.4. The summed E-state index contributed by atoms with van der Waals surface area (Å²) >= 11 is 5.25. The molecule has 3 heterocycles. The number of fused-ring (bicyclic) bond motifs is 4. The van der Waals surface area contributed by atoms with Crippen molar-refractivity contribution >= 4 is 37.5 Å². The van der Waals surface area contributed by atoms with Gasteiger partial charge in [0.1, 0.15) is 18.0 Å². The van der Waals surface area contributed by atoms with Gasteiger partial charge in [-0.2, -0.15) is 0 Å². The van der Waals surface area contributed by atoms with Crippen LogP contribution in [0.1, 0.15) is 22.4 Å². The van der Waals surface area contributed by atoms with Crippen molar-refractivity contribution in [2.75, 3.05) is 13.2 Å². The molecule has 2 aromatic heterocycles. The quantitative estimate of drug-likeness (QED) is 0.638. The standard InChI is InChI=1S/C18H15BrN2O3S/c19-12-7-14-13(23-4-5-24-14)6-10(12)8-21-9-20-17-16(18(21)22)11-2-1-3-15(11)25-17/h6-7,9H,1-5,8H2. The molecule has 7 heteroatoms. The number of hydrogen-bond acceptors (Lipinski definition) is 5. The molecule has 0 N–H and O–H groups in total. The second kappa shape index (κ2) is 5.85. The van der Waals surface area contributed by atoms with E-state index in [1.165, 1.54) is 10.4 Å². The van der Waals surface area contributed by atoms with Crippen LogP contribution in [0, 0.1) is 0 Å². The van der Waals surface area contributed by atoms with Crippen LogP contribution < -0.4 is 15.0 Å². The smallest absolute Gasteiger partial charge is 0.262 e. The Morgan fingerprint density at radius 1 is 1.20 bits per heavy atom. The molecule has 0 unspecified atom stereocenters. The van der Waals surface area contributed by atoms with Crippen LogP contribution in [0.4, 0.5) is 0 Å². The van der Waals surface area contributed by atoms with Crippen LogP contribution in [0.25, 0.3) is 10.2 Å². The number of benzene rings is 1. The zero-order valence-electron chi connectivity index (χ0n) is 13.4. The number of rotatable bonds is 2. The van der Waals surface area contributed by atoms with Gasteiger partial charge in [-0.25, -0.2) is 4.98 Å². The molecule has 0 bridgehead atoms. The van der Waals surface area contributed by atoms with Crippen molar-refractivity contribution in [3.05, 3.63) is 49.3 Å². The van der Waals surface area contributed by atoms with Gasteiger partial charge in [0.2, 0.25) is 0 Å². The van der Waals surface area contributed by atoms with Crippen molar-refractivity contribution in [2.24, 2.45) is 0 Å². The molecule has 0 atom stereocenters. The van der Waals surface area contributed by atoms with Gasteiger partial charge in [-0.15, -0.1) is 11.3 Å². The molecule has 128 valence electrons. The highest BCUT2D eigenvalue weighted by Crippen LogP contribution is 2.36. The lowest BCUT2D eigenvalue weighted by Gasteiger charge is -2.20. The lowest BCUT2D eigenvalue weighted by molar-refractivity contribution is 0.171. The zero-order chi connectivity index (χ0) is 17.0. The van der Waals surface area contributed by atoms with E-state index < -0.39 is 0 Å². The third-order valence-electron chi connectivity index (χ3n) is 4.74. The van der Waals surface area contributed by atoms with Crippen molar-refractivity contribution in [3.63, 3.8) is 0 Å². The van der Waals surface area contributed by atoms with Crippen molar-refractivity contribution in [3.8, 4) is 11.5 Å². The molecule has 0 spiro atoms. The first-order chi connectivity index (χ1) is 12.2. The zero-order valence-corrected chi connectivity index (χ0v) is 15.8. The Morgan fingerprint density at radius 2 is 2.00 bits per heavy atom. The van der Waals surface area contributed by atoms with Gasteiger partial charge in [-0.1, -0.05) is 15.9 Å². The van der Waals surface area contributed by atoms with Crippen LogP contribution in [0.5, 0.6) is 11.5 Å². The molecule has 5 nitrogen and oxygen atoms in total. The number of nitrogens with zero attached hydrogens (tertiary/aromatic N) is 2. The Hall–Kier alpha value is -1.86. The number of ether oxygens (including phenoxy) is 2. The maximum Gasteiger partial charge on any atom is 0.262 e. The Kier molecular flexibility index (Phi) is 3.60. The fourth-order valence-electron chi connectivity index (χ4n) is 3.54. The van der Waals surface area contributed by atoms with Gasteiger partial charge in [-0.3, -0.25) is 9.36 Å². The highest BCUT2D eigenvalue weighted by molar-refractivity contribution is 9.10. The van der Waals surface area contributed by atoms with Crippen molar-refractivity contribution in [1.82, 2.24) is 9.55 Å². The molecule has 25 heavy (non-hydrogen) atoms. The fraction of sp³-hybridized carbons (Fsp3) is 0.333. The maximum absolute atomic E-state index is 13.0. The third kappa shape index (κ3) is 2.48. The summed E-state index contributed by atoms with van der Waals surface area (Å²) in [6.45, 7) is 1.55. The van der Waals surface area contributed by atoms with E-state index in [0.717, 1.165) is 51.0 Å². The van der Waals surface area contributed by atoms with Gasteiger partial charge in [-0.05, 0) is 42.5 Å². The normalized spacial score (nSPS) is 15.6. The Labute approximate surface area is 156 Å². The maximum atomic E-state index is 13.0. The SMILES string of the molecule is O=c1c2c3c(sc2ncn1Cc1cc2c(cc1Br)OCCO2)CCC3. The highest BCUT2D eigenvalue weighted by Gasteiger charge is 2.22. The number of hydrogen-bond donors (Lipinski definition) is 0. The van der Waals surface area contributed by atoms with E-state index in [1.807, 2.05) is 12.1 Å². The number of halogens is 1. The molecule has 0 fully saturated rings. The first-order valence-electron chi connectivity index (χ1n) is 8.28. The van der Waals surface area contributed by atoms with Crippen LogP contribution in [0.2, 0.25) is 0 Å². The molecule has 2 aliphatic rings. The number of aryl methyl sites for hydroxylation is 2. The number of thiophene rings is 1. The summed E-state index contributed by atoms with van der Waals surface area (Å²) < 4.78 is 13.8. The van der Waals surface area contributed by atoms with E-state index in [4.69, 9.17) is 9.47 Å². The lowest BCUT2D eigenvalue weighted by atomic mass is 10.1. The van der Waals surface area contributed by atoms with Gasteiger partial charge >= 0.3 is 0 Å². The van der Waals surface area contributed by atoms with Crippen LogP contribution in [0.3, 0.4) is 0 Å². The summed E-state index contributed by atoms with van der Waals surface area (Å²) in [4.78, 5) is 19.7. The molecule has 0 saturated carbocycles. The Balaban J connectivity index is 1.58. The van der Waals surface area contributed by atoms with Gasteiger partial charge in [0.05, 0.1) is 18.3 Å². The van der Waals surface area contributed by atoms with Crippen molar-refractivity contribution in [1.29, 1.82) is 0 Å². The average Bonchev–Trinajstić information content (AvgIpc) is 3.18. The fourth-order valence-corrected chi connectivity index (χ4v) is 5.21. The second-order valence-electron chi connectivity index (χ2n) is 6.30. The van der Waals surface area contributed by atoms with E-state index in [0.29, 0.717) is 19.8 Å². The topological polar surface area (TPSA) is 53.4 Å². The minimum Gasteiger partial charge on any atom is -0.486 e. The van der Waals surface area contributed by atoms with E-state index >= 15 is 0 Å². The summed E-state index contributed by atoms with van der Waals surface area (Å²) in [5.74, 6) is 1.46. The molecule has 0 radical (unpaired) electrons. The summed E-state index contributed by atoms with van der Waals surface area (Å²) in [7, 11) is 0. The van der Waals surface area contributed by atoms with Gasteiger partial charge < -0.3 is 9.47 Å². The molecule has 0 saturated heterocycles. The molecule has 0 amide bonds. The summed E-state index contributed by atoms with van der Waals surface area (Å²) in [5.41, 5.74) is 2.23. The lowest BCUT2D eigenvalue weighted by Crippen LogP contribution is -2.22. The van der Waals surface area contributed by atoms with Crippen molar-refractivity contribution < 1.29 is 9.47 Å². The van der Waals surface area contributed by atoms with Crippen molar-refractivity contribution in [2.45, 2.75) is 25.8 Å².